The highest BCUT2D eigenvalue weighted by Gasteiger charge is 2.40. The molecule has 0 unspecified atom stereocenters. The van der Waals surface area contributed by atoms with Crippen molar-refractivity contribution in [3.63, 3.8) is 0 Å². The Morgan fingerprint density at radius 1 is 1.43 bits per heavy atom. The Kier molecular flexibility index (Phi) is 5.35. The van der Waals surface area contributed by atoms with Gasteiger partial charge in [-0.25, -0.2) is 12.8 Å². The van der Waals surface area contributed by atoms with E-state index in [4.69, 9.17) is 0 Å². The van der Waals surface area contributed by atoms with Gasteiger partial charge in [-0.2, -0.15) is 0 Å². The summed E-state index contributed by atoms with van der Waals surface area (Å²) >= 11 is 3.27. The average molecular weight is 406 g/mol. The number of halogens is 2. The molecule has 0 amide bonds. The third-order valence-corrected chi connectivity index (χ3v) is 6.92. The van der Waals surface area contributed by atoms with E-state index in [2.05, 4.69) is 26.2 Å². The first-order valence-electron chi connectivity index (χ1n) is 7.27. The lowest BCUT2D eigenvalue weighted by Gasteiger charge is -2.39. The van der Waals surface area contributed by atoms with Gasteiger partial charge >= 0.3 is 0 Å². The highest BCUT2D eigenvalue weighted by atomic mass is 79.9. The van der Waals surface area contributed by atoms with Gasteiger partial charge in [-0.1, -0.05) is 15.9 Å². The zero-order chi connectivity index (χ0) is 17.3. The maximum atomic E-state index is 13.4. The normalized spacial score (nSPS) is 20.4. The molecule has 1 heterocycles. The molecule has 1 aromatic rings. The van der Waals surface area contributed by atoms with E-state index in [1.807, 2.05) is 11.0 Å². The Labute approximate surface area is 145 Å². The average Bonchev–Trinajstić information content (AvgIpc) is 2.42. The van der Waals surface area contributed by atoms with Crippen LogP contribution in [0.15, 0.2) is 27.7 Å². The molecule has 1 aliphatic rings. The summed E-state index contributed by atoms with van der Waals surface area (Å²) in [4.78, 5) is 6.14. The minimum Gasteiger partial charge on any atom is -0.352 e. The van der Waals surface area contributed by atoms with Crippen molar-refractivity contribution in [2.45, 2.75) is 25.1 Å². The smallest absolute Gasteiger partial charge is 0.193 e. The SMILES string of the molecule is CN=C(NCc1cc(F)cc(Br)c1)N1CCS(=O)(=O)C(C)(C)C1. The first kappa shape index (κ1) is 18.2. The predicted molar refractivity (Wildman–Crippen MR) is 93.7 cm³/mol. The molecule has 8 heteroatoms. The van der Waals surface area contributed by atoms with Gasteiger partial charge in [0.25, 0.3) is 0 Å². The Bertz CT molecular complexity index is 699. The monoisotopic (exact) mass is 405 g/mol. The van der Waals surface area contributed by atoms with Crippen LogP contribution in [0.3, 0.4) is 0 Å². The van der Waals surface area contributed by atoms with Crippen molar-refractivity contribution in [1.82, 2.24) is 10.2 Å². The van der Waals surface area contributed by atoms with E-state index in [1.54, 1.807) is 20.9 Å². The van der Waals surface area contributed by atoms with E-state index in [0.717, 1.165) is 5.56 Å². The molecule has 0 atom stereocenters. The fraction of sp³-hybridized carbons (Fsp3) is 0.533. The Balaban J connectivity index is 2.07. The van der Waals surface area contributed by atoms with Crippen LogP contribution in [0, 0.1) is 5.82 Å². The van der Waals surface area contributed by atoms with E-state index >= 15 is 0 Å². The lowest BCUT2D eigenvalue weighted by atomic mass is 10.2. The largest absolute Gasteiger partial charge is 0.352 e. The lowest BCUT2D eigenvalue weighted by Crippen LogP contribution is -2.57. The van der Waals surface area contributed by atoms with E-state index in [-0.39, 0.29) is 11.6 Å². The molecule has 1 aromatic carbocycles. The fourth-order valence-electron chi connectivity index (χ4n) is 2.55. The predicted octanol–water partition coefficient (Wildman–Crippen LogP) is 2.17. The second kappa shape index (κ2) is 6.76. The van der Waals surface area contributed by atoms with Gasteiger partial charge in [0.15, 0.2) is 15.8 Å². The molecule has 0 bridgehead atoms. The van der Waals surface area contributed by atoms with Crippen molar-refractivity contribution in [1.29, 1.82) is 0 Å². The van der Waals surface area contributed by atoms with Crippen LogP contribution in [0.2, 0.25) is 0 Å². The summed E-state index contributed by atoms with van der Waals surface area (Å²) in [5.74, 6) is 0.413. The van der Waals surface area contributed by atoms with E-state index in [1.165, 1.54) is 12.1 Å². The van der Waals surface area contributed by atoms with Gasteiger partial charge in [-0.15, -0.1) is 0 Å². The van der Waals surface area contributed by atoms with Crippen LogP contribution in [0.25, 0.3) is 0 Å². The molecular formula is C15H21BrFN3O2S. The van der Waals surface area contributed by atoms with Crippen molar-refractivity contribution in [2.24, 2.45) is 4.99 Å². The molecular weight excluding hydrogens is 385 g/mol. The standard InChI is InChI=1S/C15H21BrFN3O2S/c1-15(2)10-20(4-5-23(15,21)22)14(18-3)19-9-11-6-12(16)8-13(17)7-11/h6-8H,4-5,9-10H2,1-3H3,(H,18,19). The van der Waals surface area contributed by atoms with Crippen LogP contribution in [-0.2, 0) is 16.4 Å². The fourth-order valence-corrected chi connectivity index (χ4v) is 4.43. The summed E-state index contributed by atoms with van der Waals surface area (Å²) < 4.78 is 37.4. The Morgan fingerprint density at radius 2 is 2.13 bits per heavy atom. The lowest BCUT2D eigenvalue weighted by molar-refractivity contribution is 0.353. The molecule has 2 rings (SSSR count). The zero-order valence-electron chi connectivity index (χ0n) is 13.4. The van der Waals surface area contributed by atoms with E-state index in [0.29, 0.717) is 30.1 Å². The number of nitrogens with zero attached hydrogens (tertiary/aromatic N) is 2. The summed E-state index contributed by atoms with van der Waals surface area (Å²) in [5.41, 5.74) is 0.780. The maximum absolute atomic E-state index is 13.4. The number of hydrogen-bond donors (Lipinski definition) is 1. The van der Waals surface area contributed by atoms with Crippen LogP contribution in [-0.4, -0.2) is 49.9 Å². The second-order valence-corrected chi connectivity index (χ2v) is 9.84. The molecule has 0 saturated carbocycles. The maximum Gasteiger partial charge on any atom is 0.193 e. The minimum absolute atomic E-state index is 0.103. The van der Waals surface area contributed by atoms with Crippen LogP contribution in [0.5, 0.6) is 0 Å². The summed E-state index contributed by atoms with van der Waals surface area (Å²) in [7, 11) is -1.44. The molecule has 1 N–H and O–H groups in total. The highest BCUT2D eigenvalue weighted by molar-refractivity contribution is 9.10. The van der Waals surface area contributed by atoms with Crippen LogP contribution >= 0.6 is 15.9 Å². The molecule has 0 spiro atoms. The van der Waals surface area contributed by atoms with Crippen LogP contribution in [0.1, 0.15) is 19.4 Å². The summed E-state index contributed by atoms with van der Waals surface area (Å²) in [6, 6.07) is 4.68. The Morgan fingerprint density at radius 3 is 2.70 bits per heavy atom. The zero-order valence-corrected chi connectivity index (χ0v) is 15.8. The first-order valence-corrected chi connectivity index (χ1v) is 9.72. The summed E-state index contributed by atoms with van der Waals surface area (Å²) in [6.45, 7) is 4.64. The molecule has 1 aliphatic heterocycles. The summed E-state index contributed by atoms with van der Waals surface area (Å²) in [5, 5.41) is 3.17. The molecule has 128 valence electrons. The second-order valence-electron chi connectivity index (χ2n) is 6.18. The number of rotatable bonds is 2. The molecule has 1 fully saturated rings. The minimum atomic E-state index is -3.09. The van der Waals surface area contributed by atoms with Gasteiger partial charge in [0, 0.05) is 31.2 Å². The molecule has 0 radical (unpaired) electrons. The number of aliphatic imine (C=N–C) groups is 1. The molecule has 0 aromatic heterocycles. The quantitative estimate of drug-likeness (QED) is 0.604. The third-order valence-electron chi connectivity index (χ3n) is 3.93. The molecule has 5 nitrogen and oxygen atoms in total. The third kappa shape index (κ3) is 4.23. The van der Waals surface area contributed by atoms with E-state index < -0.39 is 14.6 Å². The van der Waals surface area contributed by atoms with Crippen molar-refractivity contribution in [2.75, 3.05) is 25.9 Å². The van der Waals surface area contributed by atoms with Crippen LogP contribution in [0.4, 0.5) is 4.39 Å². The molecule has 23 heavy (non-hydrogen) atoms. The van der Waals surface area contributed by atoms with Gasteiger partial charge in [0.1, 0.15) is 5.82 Å². The van der Waals surface area contributed by atoms with Crippen LogP contribution < -0.4 is 5.32 Å². The van der Waals surface area contributed by atoms with Crippen molar-refractivity contribution < 1.29 is 12.8 Å². The number of guanidine groups is 1. The van der Waals surface area contributed by atoms with Gasteiger partial charge in [-0.3, -0.25) is 4.99 Å². The van der Waals surface area contributed by atoms with Crippen molar-refractivity contribution in [3.05, 3.63) is 34.1 Å². The number of hydrogen-bond acceptors (Lipinski definition) is 3. The van der Waals surface area contributed by atoms with Gasteiger partial charge < -0.3 is 10.2 Å². The Hall–Kier alpha value is -1.15. The topological polar surface area (TPSA) is 61.8 Å². The number of sulfone groups is 1. The van der Waals surface area contributed by atoms with E-state index in [9.17, 15) is 12.8 Å². The summed E-state index contributed by atoms with van der Waals surface area (Å²) in [6.07, 6.45) is 0. The van der Waals surface area contributed by atoms with Gasteiger partial charge in [0.05, 0.1) is 10.5 Å². The highest BCUT2D eigenvalue weighted by Crippen LogP contribution is 2.23. The van der Waals surface area contributed by atoms with Crippen molar-refractivity contribution >= 4 is 31.7 Å². The first-order chi connectivity index (χ1) is 10.6. The molecule has 1 saturated heterocycles. The van der Waals surface area contributed by atoms with Gasteiger partial charge in [0.2, 0.25) is 0 Å². The number of benzene rings is 1. The number of nitrogens with one attached hydrogen (secondary N) is 1. The molecule has 0 aliphatic carbocycles. The van der Waals surface area contributed by atoms with Gasteiger partial charge in [-0.05, 0) is 37.6 Å². The van der Waals surface area contributed by atoms with Crippen molar-refractivity contribution in [3.8, 4) is 0 Å².